The minimum absolute atomic E-state index is 0.0656. The Kier molecular flexibility index (Phi) is 2.12. The highest BCUT2D eigenvalue weighted by atomic mass is 19.3. The third kappa shape index (κ3) is 1.19. The van der Waals surface area contributed by atoms with Crippen molar-refractivity contribution in [3.05, 3.63) is 54.1 Å². The average molecular weight is 226 g/mol. The van der Waals surface area contributed by atoms with Gasteiger partial charge in [-0.25, -0.2) is 4.39 Å². The van der Waals surface area contributed by atoms with E-state index in [0.717, 1.165) is 0 Å². The van der Waals surface area contributed by atoms with Gasteiger partial charge in [0, 0.05) is 17.2 Å². The Morgan fingerprint density at radius 2 is 1.81 bits per heavy atom. The van der Waals surface area contributed by atoms with Gasteiger partial charge in [-0.1, -0.05) is 30.8 Å². The van der Waals surface area contributed by atoms with E-state index >= 15 is 0 Å². The number of hydrogen-bond donors (Lipinski definition) is 1. The summed E-state index contributed by atoms with van der Waals surface area (Å²) in [6, 6.07) is 5.57. The quantitative estimate of drug-likeness (QED) is 0.725. The van der Waals surface area contributed by atoms with E-state index in [1.54, 1.807) is 0 Å². The first-order chi connectivity index (χ1) is 7.42. The average Bonchev–Trinajstić information content (AvgIpc) is 2.25. The fourth-order valence-electron chi connectivity index (χ4n) is 1.80. The number of fused-ring (bicyclic) bond motifs is 1. The minimum Gasteiger partial charge on any atom is -0.507 e. The number of allylic oxidation sites excluding steroid dienone is 2. The van der Waals surface area contributed by atoms with Crippen molar-refractivity contribution in [3.63, 3.8) is 0 Å². The summed E-state index contributed by atoms with van der Waals surface area (Å²) in [6.45, 7) is 3.11. The lowest BCUT2D eigenvalue weighted by Crippen LogP contribution is -2.41. The monoisotopic (exact) mass is 226 g/mol. The molecule has 1 aliphatic carbocycles. The molecular weight excluding hydrogens is 217 g/mol. The normalized spacial score (nSPS) is 26.8. The van der Waals surface area contributed by atoms with Crippen LogP contribution in [0.3, 0.4) is 0 Å². The summed E-state index contributed by atoms with van der Waals surface area (Å²) in [5.74, 6) is -4.41. The topological polar surface area (TPSA) is 20.2 Å². The molecule has 0 fully saturated rings. The van der Waals surface area contributed by atoms with Gasteiger partial charge in [-0.05, 0) is 6.08 Å². The number of rotatable bonds is 1. The van der Waals surface area contributed by atoms with Crippen molar-refractivity contribution in [1.29, 1.82) is 0 Å². The molecule has 1 aromatic carbocycles. The van der Waals surface area contributed by atoms with Crippen LogP contribution in [0.1, 0.15) is 11.1 Å². The van der Waals surface area contributed by atoms with Crippen molar-refractivity contribution >= 4 is 5.76 Å². The molecular formula is C12H9F3O. The summed E-state index contributed by atoms with van der Waals surface area (Å²) in [7, 11) is 0. The van der Waals surface area contributed by atoms with Gasteiger partial charge < -0.3 is 5.11 Å². The van der Waals surface area contributed by atoms with Crippen LogP contribution in [0.4, 0.5) is 13.2 Å². The molecule has 1 N–H and O–H groups in total. The van der Waals surface area contributed by atoms with E-state index in [4.69, 9.17) is 0 Å². The maximum Gasteiger partial charge on any atom is 0.311 e. The molecule has 1 unspecified atom stereocenters. The molecule has 1 atom stereocenters. The molecule has 1 aliphatic rings. The molecule has 0 aliphatic heterocycles. The lowest BCUT2D eigenvalue weighted by Gasteiger charge is -2.34. The van der Waals surface area contributed by atoms with Gasteiger partial charge in [0.05, 0.1) is 0 Å². The van der Waals surface area contributed by atoms with Gasteiger partial charge >= 0.3 is 5.92 Å². The van der Waals surface area contributed by atoms with Crippen LogP contribution < -0.4 is 0 Å². The van der Waals surface area contributed by atoms with Crippen LogP contribution >= 0.6 is 0 Å². The van der Waals surface area contributed by atoms with Crippen molar-refractivity contribution in [1.82, 2.24) is 0 Å². The van der Waals surface area contributed by atoms with E-state index in [1.165, 1.54) is 24.3 Å². The van der Waals surface area contributed by atoms with Crippen molar-refractivity contribution in [2.75, 3.05) is 0 Å². The summed E-state index contributed by atoms with van der Waals surface area (Å²) in [5, 5.41) is 9.40. The molecule has 0 saturated heterocycles. The number of hydrogen-bond acceptors (Lipinski definition) is 1. The minimum atomic E-state index is -3.80. The van der Waals surface area contributed by atoms with Gasteiger partial charge in [-0.3, -0.25) is 0 Å². The van der Waals surface area contributed by atoms with Crippen LogP contribution in [-0.4, -0.2) is 11.0 Å². The van der Waals surface area contributed by atoms with E-state index in [2.05, 4.69) is 6.58 Å². The van der Waals surface area contributed by atoms with Crippen molar-refractivity contribution in [2.45, 2.75) is 11.6 Å². The van der Waals surface area contributed by atoms with Crippen LogP contribution in [0.2, 0.25) is 0 Å². The second-order valence-corrected chi connectivity index (χ2v) is 3.61. The first kappa shape index (κ1) is 10.8. The zero-order valence-corrected chi connectivity index (χ0v) is 8.25. The molecule has 0 radical (unpaired) electrons. The molecule has 1 nitrogen and oxygen atoms in total. The highest BCUT2D eigenvalue weighted by Gasteiger charge is 2.56. The Hall–Kier alpha value is -1.71. The van der Waals surface area contributed by atoms with Crippen molar-refractivity contribution < 1.29 is 18.3 Å². The van der Waals surface area contributed by atoms with Crippen LogP contribution in [0, 0.1) is 0 Å². The Morgan fingerprint density at radius 3 is 2.44 bits per heavy atom. The third-order valence-corrected chi connectivity index (χ3v) is 2.68. The van der Waals surface area contributed by atoms with E-state index in [1.807, 2.05) is 0 Å². The Labute approximate surface area is 90.5 Å². The Morgan fingerprint density at radius 1 is 1.19 bits per heavy atom. The molecule has 0 aromatic heterocycles. The van der Waals surface area contributed by atoms with Gasteiger partial charge in [-0.15, -0.1) is 0 Å². The summed E-state index contributed by atoms with van der Waals surface area (Å²) < 4.78 is 41.2. The molecule has 4 heteroatoms. The third-order valence-electron chi connectivity index (χ3n) is 2.68. The van der Waals surface area contributed by atoms with Gasteiger partial charge in [0.2, 0.25) is 5.67 Å². The lowest BCUT2D eigenvalue weighted by atomic mass is 9.81. The molecule has 0 spiro atoms. The molecule has 16 heavy (non-hydrogen) atoms. The first-order valence-electron chi connectivity index (χ1n) is 4.64. The smallest absolute Gasteiger partial charge is 0.311 e. The zero-order valence-electron chi connectivity index (χ0n) is 8.25. The van der Waals surface area contributed by atoms with Crippen LogP contribution in [-0.2, 0) is 5.67 Å². The van der Waals surface area contributed by atoms with Gasteiger partial charge in [-0.2, -0.15) is 8.78 Å². The van der Waals surface area contributed by atoms with Crippen molar-refractivity contribution in [2.24, 2.45) is 0 Å². The van der Waals surface area contributed by atoms with E-state index in [9.17, 15) is 18.3 Å². The maximum absolute atomic E-state index is 14.2. The van der Waals surface area contributed by atoms with Gasteiger partial charge in [0.15, 0.2) is 0 Å². The van der Waals surface area contributed by atoms with E-state index in [0.29, 0.717) is 6.08 Å². The predicted octanol–water partition coefficient (Wildman–Crippen LogP) is 3.59. The first-order valence-corrected chi connectivity index (χ1v) is 4.64. The molecule has 1 aromatic rings. The molecule has 0 bridgehead atoms. The number of halogens is 3. The van der Waals surface area contributed by atoms with Crippen LogP contribution in [0.25, 0.3) is 5.76 Å². The molecule has 84 valence electrons. The predicted molar refractivity (Wildman–Crippen MR) is 55.0 cm³/mol. The summed E-state index contributed by atoms with van der Waals surface area (Å²) in [6.07, 6.45) is 0.784. The second kappa shape index (κ2) is 3.14. The number of benzene rings is 1. The van der Waals surface area contributed by atoms with Crippen LogP contribution in [0.5, 0.6) is 0 Å². The molecule has 2 rings (SSSR count). The number of aliphatic hydroxyl groups excluding tert-OH is 1. The van der Waals surface area contributed by atoms with Gasteiger partial charge in [0.25, 0.3) is 0 Å². The highest BCUT2D eigenvalue weighted by Crippen LogP contribution is 2.49. The van der Waals surface area contributed by atoms with E-state index in [-0.39, 0.29) is 17.2 Å². The van der Waals surface area contributed by atoms with Gasteiger partial charge in [0.1, 0.15) is 5.76 Å². The molecule has 0 heterocycles. The standard InChI is InChI=1S/C12H9F3O/c1-2-11(13)9-6-4-3-5-8(9)10(16)7-12(11,14)15/h2-7,16H,1H2. The fraction of sp³-hybridized carbons (Fsp3) is 0.167. The zero-order chi connectivity index (χ0) is 12.0. The lowest BCUT2D eigenvalue weighted by molar-refractivity contribution is -0.0790. The van der Waals surface area contributed by atoms with Crippen molar-refractivity contribution in [3.8, 4) is 0 Å². The summed E-state index contributed by atoms with van der Waals surface area (Å²) in [4.78, 5) is 0. The van der Waals surface area contributed by atoms with E-state index < -0.39 is 17.4 Å². The summed E-state index contributed by atoms with van der Waals surface area (Å²) in [5.41, 5.74) is -3.18. The maximum atomic E-state index is 14.2. The Bertz CT molecular complexity index is 479. The Balaban J connectivity index is 2.78. The number of alkyl halides is 3. The highest BCUT2D eigenvalue weighted by molar-refractivity contribution is 5.68. The molecule has 0 amide bonds. The molecule has 0 saturated carbocycles. The summed E-state index contributed by atoms with van der Waals surface area (Å²) >= 11 is 0. The fourth-order valence-corrected chi connectivity index (χ4v) is 1.80. The number of aliphatic hydroxyl groups is 1. The largest absolute Gasteiger partial charge is 0.507 e. The SMILES string of the molecule is C=CC1(F)c2ccccc2C(O)=CC1(F)F. The van der Waals surface area contributed by atoms with Crippen LogP contribution in [0.15, 0.2) is 43.0 Å². The second-order valence-electron chi connectivity index (χ2n) is 3.61.